The van der Waals surface area contributed by atoms with Crippen molar-refractivity contribution in [2.75, 3.05) is 26.8 Å². The van der Waals surface area contributed by atoms with E-state index in [0.717, 1.165) is 27.0 Å². The van der Waals surface area contributed by atoms with Crippen LogP contribution in [-0.4, -0.2) is 105 Å². The normalized spacial score (nSPS) is 24.3. The summed E-state index contributed by atoms with van der Waals surface area (Å²) in [5, 5.41) is 16.1. The van der Waals surface area contributed by atoms with Crippen molar-refractivity contribution >= 4 is 53.5 Å². The molecule has 0 saturated carbocycles. The fourth-order valence-corrected chi connectivity index (χ4v) is 19.4. The SMILES string of the molecule is COCO[C@H](COC(=O)C(C)(C)C)[C@@]1(O)C#CC2=C[C@H](O[Si](c3ccccc3)(c3ccccc3)C(C)(C)C)[C@@H](O[Si](c3ccccc3)(c3ccccc3)C(C)(C)C)[C@@]23O[C@H]3C#C[C@@H]1OS(C)(=O)=O. The van der Waals surface area contributed by atoms with Crippen LogP contribution in [0.1, 0.15) is 62.3 Å². The average Bonchev–Trinajstić information content (AvgIpc) is 3.93. The van der Waals surface area contributed by atoms with E-state index in [4.69, 9.17) is 32.0 Å². The smallest absolute Gasteiger partial charge is 0.311 e. The minimum Gasteiger partial charge on any atom is -0.462 e. The number of rotatable bonds is 16. The van der Waals surface area contributed by atoms with E-state index in [1.165, 1.54) is 7.11 Å². The summed E-state index contributed by atoms with van der Waals surface area (Å²) in [7, 11) is -9.69. The quantitative estimate of drug-likeness (QED) is 0.0374. The Morgan fingerprint density at radius 2 is 1.19 bits per heavy atom. The number of carbonyl (C=O) groups excluding carboxylic acids is 1. The van der Waals surface area contributed by atoms with E-state index in [1.807, 2.05) is 78.9 Å². The maximum absolute atomic E-state index is 13.1. The van der Waals surface area contributed by atoms with Gasteiger partial charge in [0.05, 0.1) is 17.8 Å². The van der Waals surface area contributed by atoms with Crippen molar-refractivity contribution in [3.05, 3.63) is 133 Å². The molecule has 1 fully saturated rings. The van der Waals surface area contributed by atoms with Crippen LogP contribution in [0.2, 0.25) is 10.1 Å². The zero-order valence-corrected chi connectivity index (χ0v) is 43.7. The van der Waals surface area contributed by atoms with Crippen LogP contribution in [0.5, 0.6) is 0 Å². The maximum Gasteiger partial charge on any atom is 0.311 e. The number of ether oxygens (including phenoxy) is 4. The van der Waals surface area contributed by atoms with Gasteiger partial charge in [-0.15, -0.1) is 0 Å². The summed E-state index contributed by atoms with van der Waals surface area (Å²) < 4.78 is 71.4. The van der Waals surface area contributed by atoms with Gasteiger partial charge in [0.1, 0.15) is 25.6 Å². The molecule has 1 spiro atoms. The Balaban J connectivity index is 1.51. The molecule has 7 rings (SSSR count). The Bertz CT molecular complexity index is 2610. The monoisotopic (exact) mass is 976 g/mol. The van der Waals surface area contributed by atoms with Crippen molar-refractivity contribution in [3.8, 4) is 23.7 Å². The van der Waals surface area contributed by atoms with Crippen LogP contribution >= 0.6 is 0 Å². The lowest BCUT2D eigenvalue weighted by atomic mass is 9.90. The number of hydrogen-bond donors (Lipinski definition) is 1. The van der Waals surface area contributed by atoms with Crippen molar-refractivity contribution in [1.82, 2.24) is 0 Å². The predicted octanol–water partition coefficient (Wildman–Crippen LogP) is 5.63. The molecular formula is C54H64O11SSi2. The molecule has 360 valence electrons. The van der Waals surface area contributed by atoms with E-state index in [2.05, 4.69) is 114 Å². The molecule has 0 bridgehead atoms. The summed E-state index contributed by atoms with van der Waals surface area (Å²) in [6.45, 7) is 17.4. The first kappa shape index (κ1) is 51.2. The Labute approximate surface area is 404 Å². The fraction of sp³-hybridized carbons (Fsp3) is 0.426. The summed E-state index contributed by atoms with van der Waals surface area (Å²) in [5.41, 5.74) is -4.40. The first-order valence-electron chi connectivity index (χ1n) is 22.8. The number of aliphatic hydroxyl groups is 1. The molecule has 0 unspecified atom stereocenters. The van der Waals surface area contributed by atoms with Crippen molar-refractivity contribution < 1.29 is 50.3 Å². The topological polar surface area (TPSA) is 139 Å². The van der Waals surface area contributed by atoms with Gasteiger partial charge >= 0.3 is 5.97 Å². The van der Waals surface area contributed by atoms with Gasteiger partial charge in [-0.2, -0.15) is 8.42 Å². The van der Waals surface area contributed by atoms with Crippen LogP contribution in [0.4, 0.5) is 0 Å². The van der Waals surface area contributed by atoms with Gasteiger partial charge in [-0.05, 0) is 57.7 Å². The lowest BCUT2D eigenvalue weighted by Crippen LogP contribution is -2.71. The number of benzene rings is 4. The molecule has 1 aliphatic heterocycles. The van der Waals surface area contributed by atoms with Crippen molar-refractivity contribution in [2.45, 2.75) is 114 Å². The average molecular weight is 977 g/mol. The minimum absolute atomic E-state index is 0.373. The number of epoxide rings is 1. The molecule has 68 heavy (non-hydrogen) atoms. The van der Waals surface area contributed by atoms with Crippen molar-refractivity contribution in [2.24, 2.45) is 5.41 Å². The highest BCUT2D eigenvalue weighted by molar-refractivity contribution is 7.86. The molecule has 3 aliphatic rings. The maximum atomic E-state index is 13.1. The molecule has 0 radical (unpaired) electrons. The molecule has 0 aromatic heterocycles. The van der Waals surface area contributed by atoms with Crippen molar-refractivity contribution in [1.29, 1.82) is 0 Å². The number of hydrogen-bond acceptors (Lipinski definition) is 11. The summed E-state index contributed by atoms with van der Waals surface area (Å²) >= 11 is 0. The Morgan fingerprint density at radius 1 is 0.735 bits per heavy atom. The van der Waals surface area contributed by atoms with Crippen LogP contribution < -0.4 is 20.7 Å². The summed E-state index contributed by atoms with van der Waals surface area (Å²) in [4.78, 5) is 13.1. The standard InChI is InChI=1S/C54H64O11SSi2/c1-50(2,3)49(55)60-37-47(61-38-59-10)53(56)35-34-39-36-44(64-67(51(4,5)6,40-24-16-12-17-25-40)41-26-18-13-19-27-41)48(54(39)46(62-54)33-32-45(53)63-66(11,57)58)65-68(52(7,8)9,42-28-20-14-21-29-42)43-30-22-15-23-31-43/h12-31,36,44-48,56H,37-38H2,1-11H3/t44-,45-,46-,47+,48+,53+,54+/m0/s1. The second-order valence-electron chi connectivity index (χ2n) is 20.8. The zero-order chi connectivity index (χ0) is 49.4. The Hall–Kier alpha value is -4.69. The summed E-state index contributed by atoms with van der Waals surface area (Å²) in [6, 6.07) is 41.2. The van der Waals surface area contributed by atoms with Crippen LogP contribution in [0, 0.1) is 29.1 Å². The van der Waals surface area contributed by atoms with Crippen molar-refractivity contribution in [3.63, 3.8) is 0 Å². The lowest BCUT2D eigenvalue weighted by molar-refractivity contribution is -0.184. The summed E-state index contributed by atoms with van der Waals surface area (Å²) in [6.07, 6.45) is -3.20. The molecule has 1 N–H and O–H groups in total. The van der Waals surface area contributed by atoms with E-state index in [-0.39, 0.29) is 6.79 Å². The molecule has 14 heteroatoms. The van der Waals surface area contributed by atoms with Gasteiger partial charge in [0, 0.05) is 12.7 Å². The highest BCUT2D eigenvalue weighted by atomic mass is 32.2. The van der Waals surface area contributed by atoms with Gasteiger partial charge < -0.3 is 32.9 Å². The first-order valence-corrected chi connectivity index (χ1v) is 28.5. The van der Waals surface area contributed by atoms with Gasteiger partial charge in [-0.3, -0.25) is 4.79 Å². The minimum atomic E-state index is -4.29. The largest absolute Gasteiger partial charge is 0.462 e. The molecule has 1 saturated heterocycles. The second kappa shape index (κ2) is 19.3. The van der Waals surface area contributed by atoms with Gasteiger partial charge in [0.15, 0.2) is 23.4 Å². The fourth-order valence-electron chi connectivity index (χ4n) is 9.50. The van der Waals surface area contributed by atoms with E-state index < -0.39 is 96.5 Å². The van der Waals surface area contributed by atoms with E-state index in [1.54, 1.807) is 20.8 Å². The molecule has 1 heterocycles. The third-order valence-corrected chi connectivity index (χ3v) is 23.4. The van der Waals surface area contributed by atoms with E-state index in [9.17, 15) is 18.3 Å². The molecule has 2 aliphatic carbocycles. The highest BCUT2D eigenvalue weighted by Crippen LogP contribution is 2.56. The second-order valence-corrected chi connectivity index (χ2v) is 30.9. The molecule has 11 nitrogen and oxygen atoms in total. The lowest BCUT2D eigenvalue weighted by Gasteiger charge is -2.48. The van der Waals surface area contributed by atoms with Gasteiger partial charge in [0.2, 0.25) is 0 Å². The zero-order valence-electron chi connectivity index (χ0n) is 40.9. The van der Waals surface area contributed by atoms with Crippen LogP contribution in [0.3, 0.4) is 0 Å². The predicted molar refractivity (Wildman–Crippen MR) is 268 cm³/mol. The number of esters is 1. The third kappa shape index (κ3) is 9.74. The first-order chi connectivity index (χ1) is 31.9. The van der Waals surface area contributed by atoms with Crippen LogP contribution in [-0.2, 0) is 46.9 Å². The number of carbonyl (C=O) groups is 1. The van der Waals surface area contributed by atoms with E-state index in [0.29, 0.717) is 5.57 Å². The summed E-state index contributed by atoms with van der Waals surface area (Å²) in [5.74, 6) is 11.7. The Kier molecular flexibility index (Phi) is 14.5. The molecule has 4 aromatic carbocycles. The number of methoxy groups -OCH3 is 1. The van der Waals surface area contributed by atoms with Gasteiger partial charge in [0.25, 0.3) is 26.8 Å². The van der Waals surface area contributed by atoms with Crippen LogP contribution in [0.25, 0.3) is 0 Å². The highest BCUT2D eigenvalue weighted by Gasteiger charge is 2.72. The molecular weight excluding hydrogens is 913 g/mol. The third-order valence-electron chi connectivity index (χ3n) is 12.8. The van der Waals surface area contributed by atoms with Gasteiger partial charge in [-0.25, -0.2) is 4.18 Å². The Morgan fingerprint density at radius 3 is 1.60 bits per heavy atom. The van der Waals surface area contributed by atoms with Crippen LogP contribution in [0.15, 0.2) is 133 Å². The van der Waals surface area contributed by atoms with E-state index >= 15 is 0 Å². The molecule has 4 aromatic rings. The molecule has 0 amide bonds. The molecule has 7 atom stereocenters. The van der Waals surface area contributed by atoms with Gasteiger partial charge in [-0.1, -0.05) is 187 Å².